The molecule has 0 aromatic rings. The molecule has 2 atom stereocenters. The maximum Gasteiger partial charge on any atom is 0.222 e. The van der Waals surface area contributed by atoms with Crippen molar-refractivity contribution < 1.29 is 4.79 Å². The Labute approximate surface area is 153 Å². The predicted molar refractivity (Wildman–Crippen MR) is 104 cm³/mol. The van der Waals surface area contributed by atoms with E-state index in [0.717, 1.165) is 37.9 Å². The van der Waals surface area contributed by atoms with E-state index in [-0.39, 0.29) is 5.91 Å². The Morgan fingerprint density at radius 1 is 1.32 bits per heavy atom. The summed E-state index contributed by atoms with van der Waals surface area (Å²) in [5, 5.41) is 6.88. The predicted octanol–water partition coefficient (Wildman–Crippen LogP) is 1.53. The monoisotopic (exact) mass is 351 g/mol. The fourth-order valence-electron chi connectivity index (χ4n) is 3.85. The molecule has 6 nitrogen and oxygen atoms in total. The molecule has 2 aliphatic heterocycles. The van der Waals surface area contributed by atoms with E-state index < -0.39 is 0 Å². The Morgan fingerprint density at radius 2 is 2.12 bits per heavy atom. The largest absolute Gasteiger partial charge is 0.357 e. The quantitative estimate of drug-likeness (QED) is 0.563. The molecular weight excluding hydrogens is 314 g/mol. The average molecular weight is 352 g/mol. The molecule has 2 unspecified atom stereocenters. The summed E-state index contributed by atoms with van der Waals surface area (Å²) in [5.41, 5.74) is 0. The number of piperidine rings is 2. The van der Waals surface area contributed by atoms with Crippen LogP contribution < -0.4 is 10.6 Å². The normalized spacial score (nSPS) is 26.2. The molecule has 2 rings (SSSR count). The van der Waals surface area contributed by atoms with Crippen LogP contribution in [0, 0.1) is 11.8 Å². The minimum absolute atomic E-state index is 0.243. The Balaban J connectivity index is 1.85. The lowest BCUT2D eigenvalue weighted by molar-refractivity contribution is -0.132. The summed E-state index contributed by atoms with van der Waals surface area (Å²) in [6, 6.07) is 0.296. The second-order valence-electron chi connectivity index (χ2n) is 8.04. The Bertz CT molecular complexity index is 451. The third-order valence-electron chi connectivity index (χ3n) is 5.05. The Hall–Kier alpha value is -1.30. The number of nitrogens with one attached hydrogen (secondary N) is 2. The fraction of sp³-hybridized carbons (Fsp3) is 0.895. The summed E-state index contributed by atoms with van der Waals surface area (Å²) < 4.78 is 0. The van der Waals surface area contributed by atoms with E-state index in [1.165, 1.54) is 32.5 Å². The topological polar surface area (TPSA) is 60.0 Å². The van der Waals surface area contributed by atoms with Crippen molar-refractivity contribution in [1.29, 1.82) is 0 Å². The first kappa shape index (κ1) is 20.0. The SMILES string of the molecule is CCNC(=NCC1CCCN(CC(C)C)C1)NC1CCC(=O)N(C)C1. The third-order valence-corrected chi connectivity index (χ3v) is 5.05. The molecule has 0 aromatic carbocycles. The lowest BCUT2D eigenvalue weighted by Crippen LogP contribution is -2.51. The molecule has 1 amide bonds. The highest BCUT2D eigenvalue weighted by Gasteiger charge is 2.24. The highest BCUT2D eigenvalue weighted by atomic mass is 16.2. The van der Waals surface area contributed by atoms with Gasteiger partial charge in [-0.15, -0.1) is 0 Å². The zero-order valence-electron chi connectivity index (χ0n) is 16.6. The van der Waals surface area contributed by atoms with Crippen LogP contribution in [0.15, 0.2) is 4.99 Å². The Morgan fingerprint density at radius 3 is 2.80 bits per heavy atom. The van der Waals surface area contributed by atoms with Gasteiger partial charge in [-0.3, -0.25) is 9.79 Å². The van der Waals surface area contributed by atoms with Crippen molar-refractivity contribution >= 4 is 11.9 Å². The molecule has 2 heterocycles. The van der Waals surface area contributed by atoms with Crippen LogP contribution in [0.1, 0.15) is 46.5 Å². The van der Waals surface area contributed by atoms with Gasteiger partial charge >= 0.3 is 0 Å². The molecule has 2 N–H and O–H groups in total. The number of amides is 1. The van der Waals surface area contributed by atoms with Crippen LogP contribution in [0.25, 0.3) is 0 Å². The van der Waals surface area contributed by atoms with Gasteiger partial charge in [0.05, 0.1) is 0 Å². The average Bonchev–Trinajstić information content (AvgIpc) is 2.56. The van der Waals surface area contributed by atoms with Crippen LogP contribution in [-0.4, -0.2) is 74.0 Å². The van der Waals surface area contributed by atoms with E-state index in [4.69, 9.17) is 4.99 Å². The number of carbonyl (C=O) groups excluding carboxylic acids is 1. The molecule has 0 spiro atoms. The number of carbonyl (C=O) groups is 1. The summed E-state index contributed by atoms with van der Waals surface area (Å²) in [6.45, 7) is 12.8. The molecule has 6 heteroatoms. The van der Waals surface area contributed by atoms with Gasteiger partial charge in [0.25, 0.3) is 0 Å². The van der Waals surface area contributed by atoms with Crippen molar-refractivity contribution in [2.24, 2.45) is 16.8 Å². The molecule has 2 fully saturated rings. The zero-order chi connectivity index (χ0) is 18.2. The number of hydrogen-bond acceptors (Lipinski definition) is 3. The molecular formula is C19H37N5O. The number of likely N-dealkylation sites (N-methyl/N-ethyl adjacent to an activating group) is 1. The maximum absolute atomic E-state index is 11.6. The lowest BCUT2D eigenvalue weighted by Gasteiger charge is -2.33. The Kier molecular flexibility index (Phi) is 8.00. The van der Waals surface area contributed by atoms with Crippen LogP contribution in [0.3, 0.4) is 0 Å². The molecule has 0 bridgehead atoms. The van der Waals surface area contributed by atoms with Gasteiger partial charge in [-0.2, -0.15) is 0 Å². The zero-order valence-corrected chi connectivity index (χ0v) is 16.6. The standard InChI is InChI=1S/C19H37N5O/c1-5-20-19(22-17-8-9-18(25)23(4)14-17)21-11-16-7-6-10-24(13-16)12-15(2)3/h15-17H,5-14H2,1-4H3,(H2,20,21,22). The number of likely N-dealkylation sites (tertiary alicyclic amines) is 2. The van der Waals surface area contributed by atoms with Gasteiger partial charge in [0.15, 0.2) is 5.96 Å². The molecule has 2 saturated heterocycles. The van der Waals surface area contributed by atoms with Crippen molar-refractivity contribution in [2.45, 2.75) is 52.5 Å². The van der Waals surface area contributed by atoms with Crippen molar-refractivity contribution in [1.82, 2.24) is 20.4 Å². The van der Waals surface area contributed by atoms with Gasteiger partial charge in [0, 0.05) is 52.2 Å². The third kappa shape index (κ3) is 6.84. The van der Waals surface area contributed by atoms with E-state index in [0.29, 0.717) is 18.4 Å². The summed E-state index contributed by atoms with van der Waals surface area (Å²) in [5.74, 6) is 2.52. The van der Waals surface area contributed by atoms with E-state index in [9.17, 15) is 4.79 Å². The van der Waals surface area contributed by atoms with E-state index in [1.807, 2.05) is 11.9 Å². The van der Waals surface area contributed by atoms with Crippen LogP contribution >= 0.6 is 0 Å². The summed E-state index contributed by atoms with van der Waals surface area (Å²) >= 11 is 0. The van der Waals surface area contributed by atoms with Gasteiger partial charge in [-0.05, 0) is 44.6 Å². The van der Waals surface area contributed by atoms with Crippen molar-refractivity contribution in [3.63, 3.8) is 0 Å². The number of rotatable bonds is 6. The molecule has 0 radical (unpaired) electrons. The molecule has 2 aliphatic rings. The highest BCUT2D eigenvalue weighted by Crippen LogP contribution is 2.18. The minimum atomic E-state index is 0.243. The van der Waals surface area contributed by atoms with Gasteiger partial charge in [-0.25, -0.2) is 0 Å². The number of guanidine groups is 1. The van der Waals surface area contributed by atoms with Crippen LogP contribution in [-0.2, 0) is 4.79 Å². The van der Waals surface area contributed by atoms with Crippen molar-refractivity contribution in [3.05, 3.63) is 0 Å². The summed E-state index contributed by atoms with van der Waals surface area (Å²) in [7, 11) is 1.88. The smallest absolute Gasteiger partial charge is 0.222 e. The number of hydrogen-bond donors (Lipinski definition) is 2. The fourth-order valence-corrected chi connectivity index (χ4v) is 3.85. The number of aliphatic imine (C=N–C) groups is 1. The maximum atomic E-state index is 11.6. The number of nitrogens with zero attached hydrogens (tertiary/aromatic N) is 3. The second kappa shape index (κ2) is 10.00. The van der Waals surface area contributed by atoms with E-state index >= 15 is 0 Å². The van der Waals surface area contributed by atoms with Crippen molar-refractivity contribution in [2.75, 3.05) is 46.3 Å². The van der Waals surface area contributed by atoms with Gasteiger partial charge in [-0.1, -0.05) is 13.8 Å². The minimum Gasteiger partial charge on any atom is -0.357 e. The molecule has 0 aromatic heterocycles. The van der Waals surface area contributed by atoms with E-state index in [1.54, 1.807) is 0 Å². The molecule has 0 aliphatic carbocycles. The first-order chi connectivity index (χ1) is 12.0. The second-order valence-corrected chi connectivity index (χ2v) is 8.04. The molecule has 144 valence electrons. The van der Waals surface area contributed by atoms with Crippen LogP contribution in [0.5, 0.6) is 0 Å². The first-order valence-electron chi connectivity index (χ1n) is 9.99. The molecule has 25 heavy (non-hydrogen) atoms. The highest BCUT2D eigenvalue weighted by molar-refractivity contribution is 5.81. The summed E-state index contributed by atoms with van der Waals surface area (Å²) in [6.07, 6.45) is 4.07. The lowest BCUT2D eigenvalue weighted by atomic mass is 9.97. The van der Waals surface area contributed by atoms with Crippen molar-refractivity contribution in [3.8, 4) is 0 Å². The van der Waals surface area contributed by atoms with Gasteiger partial charge < -0.3 is 20.4 Å². The molecule has 0 saturated carbocycles. The van der Waals surface area contributed by atoms with Crippen LogP contribution in [0.4, 0.5) is 0 Å². The van der Waals surface area contributed by atoms with Crippen LogP contribution in [0.2, 0.25) is 0 Å². The first-order valence-corrected chi connectivity index (χ1v) is 9.99. The van der Waals surface area contributed by atoms with Gasteiger partial charge in [0.1, 0.15) is 0 Å². The summed E-state index contributed by atoms with van der Waals surface area (Å²) in [4.78, 5) is 20.9. The van der Waals surface area contributed by atoms with Gasteiger partial charge in [0.2, 0.25) is 5.91 Å². The van der Waals surface area contributed by atoms with E-state index in [2.05, 4.69) is 36.3 Å².